The maximum absolute atomic E-state index is 5.07. The highest BCUT2D eigenvalue weighted by Gasteiger charge is 2.18. The standard InChI is InChI=1S/C48H29N3S/c1-3-11-30(12-4-1)40-29-41(31-13-5-2-6-14-31)50-48(49-40)33-19-23-34(24-20-33)51-42-17-9-7-16-39(42)46-37-25-21-32-22-26-38-35-15-8-10-18-44(35)52-47(38)45(32)36(37)27-28-43(46)51/h1-29H. The minimum Gasteiger partial charge on any atom is -0.309 e. The minimum absolute atomic E-state index is 0.708. The van der Waals surface area contributed by atoms with Gasteiger partial charge in [0, 0.05) is 58.7 Å². The summed E-state index contributed by atoms with van der Waals surface area (Å²) in [5.74, 6) is 0.708. The van der Waals surface area contributed by atoms with Crippen molar-refractivity contribution in [1.82, 2.24) is 14.5 Å². The van der Waals surface area contributed by atoms with E-state index in [0.29, 0.717) is 5.82 Å². The van der Waals surface area contributed by atoms with Crippen LogP contribution in [0.1, 0.15) is 0 Å². The summed E-state index contributed by atoms with van der Waals surface area (Å²) in [4.78, 5) is 10.1. The van der Waals surface area contributed by atoms with Gasteiger partial charge in [-0.3, -0.25) is 0 Å². The van der Waals surface area contributed by atoms with Crippen molar-refractivity contribution in [2.75, 3.05) is 0 Å². The summed E-state index contributed by atoms with van der Waals surface area (Å²) in [6, 6.07) is 62.9. The van der Waals surface area contributed by atoms with Crippen LogP contribution in [0.2, 0.25) is 0 Å². The van der Waals surface area contributed by atoms with Gasteiger partial charge in [-0.05, 0) is 64.7 Å². The molecule has 0 fully saturated rings. The third-order valence-electron chi connectivity index (χ3n) is 10.4. The van der Waals surface area contributed by atoms with Crippen LogP contribution in [0, 0.1) is 0 Å². The molecule has 0 amide bonds. The molecule has 0 spiro atoms. The SMILES string of the molecule is c1ccc(-c2cc(-c3ccccc3)nc(-c3ccc(-n4c5ccccc5c5c6ccc7ccc8c9ccccc9sc8c7c6ccc54)cc3)n2)cc1. The van der Waals surface area contributed by atoms with E-state index in [1.54, 1.807) is 0 Å². The first-order valence-corrected chi connectivity index (χ1v) is 18.4. The quantitative estimate of drug-likeness (QED) is 0.173. The Kier molecular flexibility index (Phi) is 6.42. The molecule has 11 rings (SSSR count). The highest BCUT2D eigenvalue weighted by atomic mass is 32.1. The first kappa shape index (κ1) is 29.1. The molecule has 0 saturated carbocycles. The molecule has 0 unspecified atom stereocenters. The molecule has 3 heterocycles. The second-order valence-corrected chi connectivity index (χ2v) is 14.4. The number of thiophene rings is 1. The van der Waals surface area contributed by atoms with Crippen molar-refractivity contribution in [1.29, 1.82) is 0 Å². The van der Waals surface area contributed by atoms with E-state index in [-0.39, 0.29) is 0 Å². The Morgan fingerprint density at radius 2 is 1.00 bits per heavy atom. The summed E-state index contributed by atoms with van der Waals surface area (Å²) in [6.07, 6.45) is 0. The van der Waals surface area contributed by atoms with Crippen molar-refractivity contribution in [2.24, 2.45) is 0 Å². The van der Waals surface area contributed by atoms with E-state index in [2.05, 4.69) is 168 Å². The van der Waals surface area contributed by atoms with Crippen molar-refractivity contribution in [3.05, 3.63) is 176 Å². The molecule has 0 atom stereocenters. The lowest BCUT2D eigenvalue weighted by molar-refractivity contribution is 1.16. The van der Waals surface area contributed by atoms with Gasteiger partial charge < -0.3 is 4.57 Å². The van der Waals surface area contributed by atoms with Crippen LogP contribution in [-0.4, -0.2) is 14.5 Å². The summed E-state index contributed by atoms with van der Waals surface area (Å²) in [5, 5.41) is 10.4. The number of para-hydroxylation sites is 1. The molecule has 3 nitrogen and oxygen atoms in total. The number of fused-ring (bicyclic) bond motifs is 11. The van der Waals surface area contributed by atoms with Crippen molar-refractivity contribution in [3.8, 4) is 39.6 Å². The molecule has 52 heavy (non-hydrogen) atoms. The first-order chi connectivity index (χ1) is 25.8. The topological polar surface area (TPSA) is 30.7 Å². The molecule has 8 aromatic carbocycles. The fourth-order valence-corrected chi connectivity index (χ4v) is 9.27. The Labute approximate surface area is 303 Å². The number of aromatic nitrogens is 3. The van der Waals surface area contributed by atoms with Crippen molar-refractivity contribution >= 4 is 74.9 Å². The van der Waals surface area contributed by atoms with Gasteiger partial charge in [0.15, 0.2) is 5.82 Å². The summed E-state index contributed by atoms with van der Waals surface area (Å²) in [5.41, 5.74) is 8.40. The zero-order valence-electron chi connectivity index (χ0n) is 28.0. The number of rotatable bonds is 4. The van der Waals surface area contributed by atoms with Crippen LogP contribution in [0.4, 0.5) is 0 Å². The fourth-order valence-electron chi connectivity index (χ4n) is 8.00. The Hall–Kier alpha value is -6.62. The van der Waals surface area contributed by atoms with Crippen molar-refractivity contribution in [2.45, 2.75) is 0 Å². The van der Waals surface area contributed by atoms with Gasteiger partial charge in [-0.25, -0.2) is 9.97 Å². The van der Waals surface area contributed by atoms with Gasteiger partial charge in [-0.1, -0.05) is 127 Å². The van der Waals surface area contributed by atoms with E-state index >= 15 is 0 Å². The van der Waals surface area contributed by atoms with E-state index in [1.807, 2.05) is 23.5 Å². The predicted octanol–water partition coefficient (Wildman–Crippen LogP) is 13.2. The predicted molar refractivity (Wildman–Crippen MR) is 221 cm³/mol. The third-order valence-corrected chi connectivity index (χ3v) is 11.6. The van der Waals surface area contributed by atoms with Crippen molar-refractivity contribution in [3.63, 3.8) is 0 Å². The zero-order chi connectivity index (χ0) is 34.2. The van der Waals surface area contributed by atoms with Gasteiger partial charge in [0.2, 0.25) is 0 Å². The Bertz CT molecular complexity index is 3100. The zero-order valence-corrected chi connectivity index (χ0v) is 28.8. The van der Waals surface area contributed by atoms with E-state index in [4.69, 9.17) is 9.97 Å². The molecular weight excluding hydrogens is 651 g/mol. The smallest absolute Gasteiger partial charge is 0.160 e. The number of nitrogens with zero attached hydrogens (tertiary/aromatic N) is 3. The second-order valence-electron chi connectivity index (χ2n) is 13.4. The van der Waals surface area contributed by atoms with Gasteiger partial charge in [0.25, 0.3) is 0 Å². The molecule has 0 saturated heterocycles. The van der Waals surface area contributed by atoms with Gasteiger partial charge >= 0.3 is 0 Å². The molecule has 4 heteroatoms. The summed E-state index contributed by atoms with van der Waals surface area (Å²) in [7, 11) is 0. The summed E-state index contributed by atoms with van der Waals surface area (Å²) in [6.45, 7) is 0. The summed E-state index contributed by atoms with van der Waals surface area (Å²) >= 11 is 1.90. The van der Waals surface area contributed by atoms with Crippen LogP contribution in [0.15, 0.2) is 176 Å². The van der Waals surface area contributed by atoms with Crippen LogP contribution in [0.25, 0.3) is 103 Å². The third kappa shape index (κ3) is 4.45. The molecule has 3 aromatic heterocycles. The van der Waals surface area contributed by atoms with E-state index < -0.39 is 0 Å². The minimum atomic E-state index is 0.708. The van der Waals surface area contributed by atoms with E-state index in [0.717, 1.165) is 33.8 Å². The van der Waals surface area contributed by atoms with Crippen molar-refractivity contribution < 1.29 is 0 Å². The van der Waals surface area contributed by atoms with Gasteiger partial charge in [0.05, 0.1) is 22.4 Å². The number of benzene rings is 8. The lowest BCUT2D eigenvalue weighted by Crippen LogP contribution is -1.97. The van der Waals surface area contributed by atoms with Crippen LogP contribution in [0.3, 0.4) is 0 Å². The van der Waals surface area contributed by atoms with Gasteiger partial charge in [-0.2, -0.15) is 0 Å². The number of hydrogen-bond donors (Lipinski definition) is 0. The maximum Gasteiger partial charge on any atom is 0.160 e. The van der Waals surface area contributed by atoms with Crippen LogP contribution in [0.5, 0.6) is 0 Å². The molecule has 0 aliphatic heterocycles. The molecule has 0 radical (unpaired) electrons. The van der Waals surface area contributed by atoms with E-state index in [9.17, 15) is 0 Å². The van der Waals surface area contributed by atoms with Gasteiger partial charge in [0.1, 0.15) is 0 Å². The average Bonchev–Trinajstić information content (AvgIpc) is 3.77. The second kappa shape index (κ2) is 11.5. The van der Waals surface area contributed by atoms with Crippen LogP contribution in [-0.2, 0) is 0 Å². The largest absolute Gasteiger partial charge is 0.309 e. The maximum atomic E-state index is 5.07. The Morgan fingerprint density at radius 1 is 0.404 bits per heavy atom. The molecular formula is C48H29N3S. The Balaban J connectivity index is 1.09. The lowest BCUT2D eigenvalue weighted by atomic mass is 9.97. The molecule has 0 aliphatic carbocycles. The van der Waals surface area contributed by atoms with Crippen LogP contribution < -0.4 is 0 Å². The normalized spacial score (nSPS) is 11.8. The molecule has 242 valence electrons. The van der Waals surface area contributed by atoms with Gasteiger partial charge in [-0.15, -0.1) is 11.3 Å². The molecule has 0 N–H and O–H groups in total. The molecule has 11 aromatic rings. The average molecular weight is 680 g/mol. The number of hydrogen-bond acceptors (Lipinski definition) is 3. The fraction of sp³-hybridized carbons (Fsp3) is 0. The van der Waals surface area contributed by atoms with E-state index in [1.165, 1.54) is 63.5 Å². The molecule has 0 bridgehead atoms. The monoisotopic (exact) mass is 679 g/mol. The lowest BCUT2D eigenvalue weighted by Gasteiger charge is -2.12. The summed E-state index contributed by atoms with van der Waals surface area (Å²) < 4.78 is 5.09. The highest BCUT2D eigenvalue weighted by molar-refractivity contribution is 7.26. The molecule has 0 aliphatic rings. The Morgan fingerprint density at radius 3 is 1.73 bits per heavy atom. The van der Waals surface area contributed by atoms with Crippen LogP contribution >= 0.6 is 11.3 Å². The highest BCUT2D eigenvalue weighted by Crippen LogP contribution is 2.44. The first-order valence-electron chi connectivity index (χ1n) is 17.6.